The molecule has 0 saturated heterocycles. The number of aliphatic hydroxyl groups is 3. The fourth-order valence-electron chi connectivity index (χ4n) is 3.51. The highest BCUT2D eigenvalue weighted by Gasteiger charge is 2.15. The van der Waals surface area contributed by atoms with Gasteiger partial charge < -0.3 is 20.6 Å². The van der Waals surface area contributed by atoms with Crippen LogP contribution in [0.5, 0.6) is 0 Å². The molecule has 0 saturated carbocycles. The first-order valence-electron chi connectivity index (χ1n) is 10.2. The summed E-state index contributed by atoms with van der Waals surface area (Å²) in [6, 6.07) is 15.9. The number of nitrogens with zero attached hydrogens (tertiary/aromatic N) is 1. The lowest BCUT2D eigenvalue weighted by atomic mass is 9.93. The Kier molecular flexibility index (Phi) is 7.90. The second-order valence-corrected chi connectivity index (χ2v) is 7.35. The normalized spacial score (nSPS) is 12.1. The number of para-hydroxylation sites is 1. The summed E-state index contributed by atoms with van der Waals surface area (Å²) in [4.78, 5) is 16.9. The molecule has 0 aliphatic heterocycles. The number of carbonyl (C=O) groups is 1. The van der Waals surface area contributed by atoms with Crippen LogP contribution in [-0.2, 0) is 17.6 Å². The second kappa shape index (κ2) is 10.8. The minimum Gasteiger partial charge on any atom is -0.396 e. The molecule has 6 nitrogen and oxygen atoms in total. The zero-order valence-electron chi connectivity index (χ0n) is 16.9. The Morgan fingerprint density at radius 2 is 1.93 bits per heavy atom. The smallest absolute Gasteiger partial charge is 0.224 e. The average Bonchev–Trinajstić information content (AvgIpc) is 2.77. The highest BCUT2D eigenvalue weighted by Crippen LogP contribution is 2.32. The van der Waals surface area contributed by atoms with E-state index in [4.69, 9.17) is 10.2 Å². The van der Waals surface area contributed by atoms with Crippen molar-refractivity contribution in [2.45, 2.75) is 31.8 Å². The molecule has 0 spiro atoms. The molecule has 1 amide bonds. The van der Waals surface area contributed by atoms with Crippen LogP contribution in [-0.4, -0.2) is 52.1 Å². The number of carbonyl (C=O) groups excluding carboxylic acids is 1. The van der Waals surface area contributed by atoms with Crippen LogP contribution in [0.4, 0.5) is 0 Å². The number of pyridine rings is 1. The number of fused-ring (bicyclic) bond motifs is 1. The summed E-state index contributed by atoms with van der Waals surface area (Å²) in [6.45, 7) is 0.236. The summed E-state index contributed by atoms with van der Waals surface area (Å²) in [5.74, 6) is -0.107. The number of aliphatic hydroxyl groups excluding tert-OH is 3. The Morgan fingerprint density at radius 1 is 1.10 bits per heavy atom. The van der Waals surface area contributed by atoms with Gasteiger partial charge in [0.1, 0.15) is 0 Å². The van der Waals surface area contributed by atoms with Gasteiger partial charge in [-0.15, -0.1) is 0 Å². The molecule has 0 unspecified atom stereocenters. The predicted molar refractivity (Wildman–Crippen MR) is 117 cm³/mol. The largest absolute Gasteiger partial charge is 0.396 e. The molecular formula is C24H28N2O4. The lowest BCUT2D eigenvalue weighted by Crippen LogP contribution is -2.26. The maximum Gasteiger partial charge on any atom is 0.224 e. The standard InChI is InChI=1S/C24H28N2O4/c27-12-4-11-25-23(30)14-19-15-26-22-8-2-1-7-21(22)24(19)18-6-3-5-17(13-18)9-10-20(29)16-28/h1-3,5-8,13,15,20,27-29H,4,9-12,14,16H2,(H,25,30)/t20-/m0/s1. The van der Waals surface area contributed by atoms with Gasteiger partial charge in [-0.2, -0.15) is 0 Å². The molecule has 158 valence electrons. The summed E-state index contributed by atoms with van der Waals surface area (Å²) >= 11 is 0. The average molecular weight is 408 g/mol. The van der Waals surface area contributed by atoms with Crippen LogP contribution in [0.25, 0.3) is 22.0 Å². The Morgan fingerprint density at radius 3 is 2.73 bits per heavy atom. The molecule has 0 fully saturated rings. The molecule has 1 aromatic heterocycles. The van der Waals surface area contributed by atoms with E-state index < -0.39 is 6.10 Å². The Balaban J connectivity index is 1.95. The third-order valence-electron chi connectivity index (χ3n) is 5.05. The second-order valence-electron chi connectivity index (χ2n) is 7.35. The maximum atomic E-state index is 12.4. The van der Waals surface area contributed by atoms with E-state index in [9.17, 15) is 9.90 Å². The Labute approximate surface area is 176 Å². The number of aromatic nitrogens is 1. The van der Waals surface area contributed by atoms with E-state index in [1.54, 1.807) is 6.20 Å². The third kappa shape index (κ3) is 5.63. The maximum absolute atomic E-state index is 12.4. The van der Waals surface area contributed by atoms with Crippen molar-refractivity contribution in [3.63, 3.8) is 0 Å². The van der Waals surface area contributed by atoms with Gasteiger partial charge in [0.05, 0.1) is 24.6 Å². The predicted octanol–water partition coefficient (Wildman–Crippen LogP) is 2.23. The molecule has 0 radical (unpaired) electrons. The first-order chi connectivity index (χ1) is 14.6. The molecule has 1 atom stereocenters. The lowest BCUT2D eigenvalue weighted by Gasteiger charge is -2.15. The van der Waals surface area contributed by atoms with Crippen molar-refractivity contribution in [3.8, 4) is 11.1 Å². The molecule has 30 heavy (non-hydrogen) atoms. The van der Waals surface area contributed by atoms with Crippen molar-refractivity contribution in [1.82, 2.24) is 10.3 Å². The molecule has 4 N–H and O–H groups in total. The third-order valence-corrected chi connectivity index (χ3v) is 5.05. The fraction of sp³-hybridized carbons (Fsp3) is 0.333. The molecule has 2 aromatic carbocycles. The fourth-order valence-corrected chi connectivity index (χ4v) is 3.51. The van der Waals surface area contributed by atoms with E-state index in [0.717, 1.165) is 33.2 Å². The summed E-state index contributed by atoms with van der Waals surface area (Å²) in [7, 11) is 0. The van der Waals surface area contributed by atoms with Crippen LogP contribution in [0.1, 0.15) is 24.0 Å². The van der Waals surface area contributed by atoms with Gasteiger partial charge >= 0.3 is 0 Å². The molecule has 0 aliphatic carbocycles. The number of nitrogens with one attached hydrogen (secondary N) is 1. The van der Waals surface area contributed by atoms with E-state index in [0.29, 0.717) is 25.8 Å². The van der Waals surface area contributed by atoms with Gasteiger partial charge in [0, 0.05) is 24.7 Å². The molecule has 1 heterocycles. The number of amides is 1. The number of hydrogen-bond donors (Lipinski definition) is 4. The monoisotopic (exact) mass is 408 g/mol. The summed E-state index contributed by atoms with van der Waals surface area (Å²) in [6.07, 6.45) is 2.88. The lowest BCUT2D eigenvalue weighted by molar-refractivity contribution is -0.120. The molecule has 3 rings (SSSR count). The topological polar surface area (TPSA) is 103 Å². The first-order valence-corrected chi connectivity index (χ1v) is 10.2. The quantitative estimate of drug-likeness (QED) is 0.385. The highest BCUT2D eigenvalue weighted by molar-refractivity contribution is 5.97. The van der Waals surface area contributed by atoms with Crippen molar-refractivity contribution < 1.29 is 20.1 Å². The van der Waals surface area contributed by atoms with Crippen LogP contribution >= 0.6 is 0 Å². The molecule has 0 bridgehead atoms. The van der Waals surface area contributed by atoms with Gasteiger partial charge in [0.25, 0.3) is 0 Å². The van der Waals surface area contributed by atoms with E-state index in [1.165, 1.54) is 0 Å². The van der Waals surface area contributed by atoms with Crippen molar-refractivity contribution in [1.29, 1.82) is 0 Å². The van der Waals surface area contributed by atoms with Gasteiger partial charge in [-0.1, -0.05) is 42.5 Å². The van der Waals surface area contributed by atoms with Crippen molar-refractivity contribution >= 4 is 16.8 Å². The van der Waals surface area contributed by atoms with E-state index in [-0.39, 0.29) is 25.5 Å². The highest BCUT2D eigenvalue weighted by atomic mass is 16.3. The molecule has 3 aromatic rings. The summed E-state index contributed by atoms with van der Waals surface area (Å²) in [5, 5.41) is 31.4. The minimum absolute atomic E-state index is 0.0425. The Bertz CT molecular complexity index is 990. The summed E-state index contributed by atoms with van der Waals surface area (Å²) < 4.78 is 0. The van der Waals surface area contributed by atoms with Gasteiger partial charge in [-0.25, -0.2) is 0 Å². The Hall–Kier alpha value is -2.80. The number of hydrogen-bond acceptors (Lipinski definition) is 5. The van der Waals surface area contributed by atoms with Crippen LogP contribution in [0.2, 0.25) is 0 Å². The van der Waals surface area contributed by atoms with Crippen molar-refractivity contribution in [3.05, 3.63) is 65.9 Å². The van der Waals surface area contributed by atoms with Gasteiger partial charge in [0.2, 0.25) is 5.91 Å². The van der Waals surface area contributed by atoms with Crippen LogP contribution < -0.4 is 5.32 Å². The van der Waals surface area contributed by atoms with Gasteiger partial charge in [0.15, 0.2) is 0 Å². The first kappa shape index (κ1) is 21.9. The van der Waals surface area contributed by atoms with E-state index >= 15 is 0 Å². The molecule has 6 heteroatoms. The molecular weight excluding hydrogens is 380 g/mol. The van der Waals surface area contributed by atoms with Crippen LogP contribution in [0.3, 0.4) is 0 Å². The van der Waals surface area contributed by atoms with Gasteiger partial charge in [-0.3, -0.25) is 9.78 Å². The number of aryl methyl sites for hydroxylation is 1. The SMILES string of the molecule is O=C(Cc1cnc2ccccc2c1-c1cccc(CC[C@H](O)CO)c1)NCCCO. The van der Waals surface area contributed by atoms with Crippen molar-refractivity contribution in [2.24, 2.45) is 0 Å². The van der Waals surface area contributed by atoms with Crippen LogP contribution in [0, 0.1) is 0 Å². The van der Waals surface area contributed by atoms with Gasteiger partial charge in [-0.05, 0) is 47.6 Å². The number of rotatable bonds is 10. The van der Waals surface area contributed by atoms with E-state index in [1.807, 2.05) is 42.5 Å². The van der Waals surface area contributed by atoms with E-state index in [2.05, 4.69) is 16.4 Å². The van der Waals surface area contributed by atoms with Crippen molar-refractivity contribution in [2.75, 3.05) is 19.8 Å². The number of benzene rings is 2. The summed E-state index contributed by atoms with van der Waals surface area (Å²) in [5.41, 5.74) is 4.71. The minimum atomic E-state index is -0.728. The zero-order valence-corrected chi connectivity index (χ0v) is 16.9. The zero-order chi connectivity index (χ0) is 21.3. The molecule has 0 aliphatic rings. The van der Waals surface area contributed by atoms with Crippen LogP contribution in [0.15, 0.2) is 54.7 Å².